The molecule has 0 amide bonds. The van der Waals surface area contributed by atoms with Crippen LogP contribution in [-0.2, 0) is 11.8 Å². The van der Waals surface area contributed by atoms with Crippen molar-refractivity contribution < 1.29 is 9.90 Å². The first-order valence-corrected chi connectivity index (χ1v) is 12.1. The summed E-state index contributed by atoms with van der Waals surface area (Å²) in [6.07, 6.45) is 9.19. The molecule has 1 saturated heterocycles. The first kappa shape index (κ1) is 21.7. The summed E-state index contributed by atoms with van der Waals surface area (Å²) in [4.78, 5) is 16.7. The number of phenolic OH excluding ortho intramolecular Hbond substituents is 1. The van der Waals surface area contributed by atoms with E-state index >= 15 is 0 Å². The molecular formula is C25H30ClNO2S. The van der Waals surface area contributed by atoms with Gasteiger partial charge in [0, 0.05) is 21.9 Å². The molecule has 0 spiro atoms. The summed E-state index contributed by atoms with van der Waals surface area (Å²) in [7, 11) is 0. The molecule has 2 aromatic rings. The van der Waals surface area contributed by atoms with Gasteiger partial charge >= 0.3 is 0 Å². The Bertz CT molecular complexity index is 931. The summed E-state index contributed by atoms with van der Waals surface area (Å²) in [5.41, 5.74) is 3.81. The number of halogens is 1. The van der Waals surface area contributed by atoms with E-state index in [1.807, 2.05) is 36.4 Å². The smallest absolute Gasteiger partial charge is 0.176 e. The molecule has 0 aromatic heterocycles. The second-order valence-corrected chi connectivity index (χ2v) is 9.87. The van der Waals surface area contributed by atoms with Crippen molar-refractivity contribution in [2.75, 3.05) is 19.3 Å². The average molecular weight is 444 g/mol. The second kappa shape index (κ2) is 8.57. The number of benzene rings is 2. The number of thioether (sulfide) groups is 1. The highest BCUT2D eigenvalue weighted by Crippen LogP contribution is 2.56. The Labute approximate surface area is 189 Å². The van der Waals surface area contributed by atoms with Crippen LogP contribution < -0.4 is 0 Å². The molecule has 160 valence electrons. The zero-order chi connectivity index (χ0) is 20.0. The number of carbonyl (C=O) groups is 1. The molecule has 2 bridgehead atoms. The minimum atomic E-state index is 0. The molecule has 1 N–H and O–H groups in total. The summed E-state index contributed by atoms with van der Waals surface area (Å²) in [5.74, 6) is 1.23. The minimum absolute atomic E-state index is 0. The maximum absolute atomic E-state index is 13.0. The number of fused-ring (bicyclic) bond motifs is 1. The zero-order valence-electron chi connectivity index (χ0n) is 17.5. The van der Waals surface area contributed by atoms with Crippen molar-refractivity contribution in [1.82, 2.24) is 4.90 Å². The van der Waals surface area contributed by atoms with Gasteiger partial charge < -0.3 is 5.11 Å². The van der Waals surface area contributed by atoms with E-state index < -0.39 is 0 Å². The second-order valence-electron chi connectivity index (χ2n) is 8.99. The maximum Gasteiger partial charge on any atom is 0.176 e. The van der Waals surface area contributed by atoms with E-state index in [9.17, 15) is 9.90 Å². The number of likely N-dealkylation sites (tertiary alicyclic amines) is 1. The van der Waals surface area contributed by atoms with Crippen LogP contribution in [-0.4, -0.2) is 41.2 Å². The molecule has 1 saturated carbocycles. The summed E-state index contributed by atoms with van der Waals surface area (Å²) in [6, 6.07) is 14.5. The first-order chi connectivity index (χ1) is 14.1. The zero-order valence-corrected chi connectivity index (χ0v) is 19.1. The minimum Gasteiger partial charge on any atom is -0.508 e. The van der Waals surface area contributed by atoms with Gasteiger partial charge in [-0.1, -0.05) is 31.0 Å². The lowest BCUT2D eigenvalue weighted by molar-refractivity contribution is -0.00848. The summed E-state index contributed by atoms with van der Waals surface area (Å²) in [5, 5.41) is 10.2. The van der Waals surface area contributed by atoms with Gasteiger partial charge in [-0.2, -0.15) is 0 Å². The molecule has 1 aliphatic heterocycles. The average Bonchev–Trinajstić information content (AvgIpc) is 2.76. The number of hydrogen-bond donors (Lipinski definition) is 1. The molecule has 5 rings (SSSR count). The Morgan fingerprint density at radius 3 is 2.73 bits per heavy atom. The van der Waals surface area contributed by atoms with E-state index in [0.717, 1.165) is 24.9 Å². The third-order valence-electron chi connectivity index (χ3n) is 7.69. The van der Waals surface area contributed by atoms with Crippen molar-refractivity contribution in [3.8, 4) is 5.75 Å². The van der Waals surface area contributed by atoms with Crippen LogP contribution >= 0.6 is 24.2 Å². The number of hydrogen-bond acceptors (Lipinski definition) is 4. The van der Waals surface area contributed by atoms with Crippen molar-refractivity contribution in [2.24, 2.45) is 5.92 Å². The van der Waals surface area contributed by atoms with Crippen LogP contribution in [0.15, 0.2) is 47.4 Å². The van der Waals surface area contributed by atoms with Crippen LogP contribution in [0.5, 0.6) is 5.75 Å². The third kappa shape index (κ3) is 3.57. The molecule has 2 aromatic carbocycles. The van der Waals surface area contributed by atoms with Crippen molar-refractivity contribution in [1.29, 1.82) is 0 Å². The summed E-state index contributed by atoms with van der Waals surface area (Å²) in [6.45, 7) is 1.49. The Morgan fingerprint density at radius 1 is 1.17 bits per heavy atom. The standard InChI is InChI=1S/C25H29NO2S.ClH/c1-29-20-9-6-17(7-10-20)24(28)16-26-13-12-25-11-3-2-4-21(25)23(26)14-18-5-8-19(27)15-22(18)25;/h5-10,15,21,23,27H,2-4,11-14,16H2,1H3;1H/t21-,23-,25-;/m0./s1. The first-order valence-electron chi connectivity index (χ1n) is 10.8. The van der Waals surface area contributed by atoms with Gasteiger partial charge in [0.2, 0.25) is 0 Å². The van der Waals surface area contributed by atoms with Crippen molar-refractivity contribution >= 4 is 30.0 Å². The lowest BCUT2D eigenvalue weighted by Crippen LogP contribution is -2.61. The lowest BCUT2D eigenvalue weighted by atomic mass is 9.52. The number of piperidine rings is 1. The topological polar surface area (TPSA) is 40.5 Å². The Hall–Kier alpha value is -1.49. The summed E-state index contributed by atoms with van der Waals surface area (Å²) < 4.78 is 0. The Kier molecular flexibility index (Phi) is 6.20. The quantitative estimate of drug-likeness (QED) is 0.502. The largest absolute Gasteiger partial charge is 0.508 e. The number of ketones is 1. The van der Waals surface area contributed by atoms with Crippen LogP contribution in [0.2, 0.25) is 0 Å². The van der Waals surface area contributed by atoms with E-state index in [2.05, 4.69) is 17.2 Å². The van der Waals surface area contributed by atoms with E-state index in [4.69, 9.17) is 0 Å². The molecule has 0 unspecified atom stereocenters. The number of carbonyl (C=O) groups excluding carboxylic acids is 1. The van der Waals surface area contributed by atoms with Gasteiger partial charge in [-0.15, -0.1) is 24.2 Å². The van der Waals surface area contributed by atoms with Crippen molar-refractivity contribution in [2.45, 2.75) is 54.9 Å². The van der Waals surface area contributed by atoms with Gasteiger partial charge in [-0.25, -0.2) is 0 Å². The molecule has 0 radical (unpaired) electrons. The molecule has 30 heavy (non-hydrogen) atoms. The number of rotatable bonds is 4. The van der Waals surface area contributed by atoms with Gasteiger partial charge in [0.05, 0.1) is 6.54 Å². The number of nitrogens with zero attached hydrogens (tertiary/aromatic N) is 1. The van der Waals surface area contributed by atoms with Gasteiger partial charge in [-0.05, 0) is 79.8 Å². The van der Waals surface area contributed by atoms with E-state index in [1.54, 1.807) is 11.8 Å². The molecule has 5 heteroatoms. The number of aromatic hydroxyl groups is 1. The molecule has 1 heterocycles. The normalized spacial score (nSPS) is 27.5. The molecule has 3 nitrogen and oxygen atoms in total. The maximum atomic E-state index is 13.0. The summed E-state index contributed by atoms with van der Waals surface area (Å²) >= 11 is 1.70. The SMILES string of the molecule is CSc1ccc(C(=O)CN2CC[C@@]34CCCC[C@H]3[C@@H]2Cc2ccc(O)cc24)cc1.Cl. The molecule has 3 aliphatic rings. The lowest BCUT2D eigenvalue weighted by Gasteiger charge is -2.59. The molecule has 2 aliphatic carbocycles. The fraction of sp³-hybridized carbons (Fsp3) is 0.480. The number of phenols is 1. The van der Waals surface area contributed by atoms with Crippen LogP contribution in [0.1, 0.15) is 53.6 Å². The highest BCUT2D eigenvalue weighted by Gasteiger charge is 2.53. The Morgan fingerprint density at radius 2 is 1.97 bits per heavy atom. The van der Waals surface area contributed by atoms with Crippen LogP contribution in [0.25, 0.3) is 0 Å². The fourth-order valence-electron chi connectivity index (χ4n) is 6.32. The third-order valence-corrected chi connectivity index (χ3v) is 8.44. The van der Waals surface area contributed by atoms with Crippen LogP contribution in [0.3, 0.4) is 0 Å². The van der Waals surface area contributed by atoms with Gasteiger partial charge in [0.25, 0.3) is 0 Å². The van der Waals surface area contributed by atoms with E-state index in [1.165, 1.54) is 41.7 Å². The highest BCUT2D eigenvalue weighted by atomic mass is 35.5. The molecular weight excluding hydrogens is 414 g/mol. The van der Waals surface area contributed by atoms with Crippen molar-refractivity contribution in [3.05, 3.63) is 59.2 Å². The predicted molar refractivity (Wildman–Crippen MR) is 125 cm³/mol. The van der Waals surface area contributed by atoms with Crippen LogP contribution in [0, 0.1) is 5.92 Å². The number of Topliss-reactive ketones (excluding diaryl/α,β-unsaturated/α-hetero) is 1. The molecule has 2 fully saturated rings. The van der Waals surface area contributed by atoms with Gasteiger partial charge in [-0.3, -0.25) is 9.69 Å². The Balaban J connectivity index is 0.00000218. The van der Waals surface area contributed by atoms with Crippen LogP contribution in [0.4, 0.5) is 0 Å². The predicted octanol–water partition coefficient (Wildman–Crippen LogP) is 5.48. The van der Waals surface area contributed by atoms with E-state index in [-0.39, 0.29) is 23.6 Å². The van der Waals surface area contributed by atoms with Gasteiger partial charge in [0.15, 0.2) is 5.78 Å². The van der Waals surface area contributed by atoms with E-state index in [0.29, 0.717) is 24.3 Å². The highest BCUT2D eigenvalue weighted by molar-refractivity contribution is 7.98. The fourth-order valence-corrected chi connectivity index (χ4v) is 6.73. The monoisotopic (exact) mass is 443 g/mol. The molecule has 3 atom stereocenters. The van der Waals surface area contributed by atoms with Crippen molar-refractivity contribution in [3.63, 3.8) is 0 Å². The van der Waals surface area contributed by atoms with Gasteiger partial charge in [0.1, 0.15) is 5.75 Å².